The van der Waals surface area contributed by atoms with E-state index < -0.39 is 0 Å². The maximum absolute atomic E-state index is 12.3. The van der Waals surface area contributed by atoms with E-state index in [0.717, 1.165) is 39.3 Å². The summed E-state index contributed by atoms with van der Waals surface area (Å²) in [5, 5.41) is 0. The number of rotatable bonds is 2. The summed E-state index contributed by atoms with van der Waals surface area (Å²) >= 11 is 0. The molecular formula is C13H25N3O2. The summed E-state index contributed by atoms with van der Waals surface area (Å²) < 4.78 is 5.54. The van der Waals surface area contributed by atoms with E-state index in [9.17, 15) is 4.79 Å². The van der Waals surface area contributed by atoms with Gasteiger partial charge in [-0.25, -0.2) is 0 Å². The van der Waals surface area contributed by atoms with E-state index in [1.54, 1.807) is 0 Å². The normalized spacial score (nSPS) is 31.6. The molecule has 0 radical (unpaired) electrons. The number of hydrogen-bond acceptors (Lipinski definition) is 4. The molecule has 0 aromatic heterocycles. The van der Waals surface area contributed by atoms with Crippen molar-refractivity contribution in [3.05, 3.63) is 0 Å². The average Bonchev–Trinajstić information content (AvgIpc) is 2.34. The molecule has 1 unspecified atom stereocenters. The summed E-state index contributed by atoms with van der Waals surface area (Å²) in [5.74, 6) is 0.267. The molecule has 2 fully saturated rings. The standard InChI is InChI=1S/C13H25N3O2/c1-13(11-18-9-8-15(13)3)10-12(17)16-6-4-14(2)5-7-16/h4-11H2,1-3H3. The molecule has 2 saturated heterocycles. The summed E-state index contributed by atoms with van der Waals surface area (Å²) in [6.07, 6.45) is 0.563. The van der Waals surface area contributed by atoms with Crippen molar-refractivity contribution < 1.29 is 9.53 Å². The van der Waals surface area contributed by atoms with Crippen LogP contribution in [0.4, 0.5) is 0 Å². The SMILES string of the molecule is CN1CCN(C(=O)CC2(C)COCCN2C)CC1. The summed E-state index contributed by atoms with van der Waals surface area (Å²) in [7, 11) is 4.19. The zero-order valence-electron chi connectivity index (χ0n) is 11.8. The predicted molar refractivity (Wildman–Crippen MR) is 70.5 cm³/mol. The lowest BCUT2D eigenvalue weighted by atomic mass is 9.94. The van der Waals surface area contributed by atoms with Gasteiger partial charge in [-0.3, -0.25) is 9.69 Å². The second kappa shape index (κ2) is 5.55. The molecule has 0 saturated carbocycles. The fourth-order valence-electron chi connectivity index (χ4n) is 2.55. The van der Waals surface area contributed by atoms with Crippen LogP contribution in [-0.4, -0.2) is 86.2 Å². The first-order valence-corrected chi connectivity index (χ1v) is 6.76. The Morgan fingerprint density at radius 2 is 1.83 bits per heavy atom. The maximum atomic E-state index is 12.3. The molecule has 5 nitrogen and oxygen atoms in total. The lowest BCUT2D eigenvalue weighted by Crippen LogP contribution is -2.56. The van der Waals surface area contributed by atoms with Gasteiger partial charge in [0.1, 0.15) is 0 Å². The van der Waals surface area contributed by atoms with Gasteiger partial charge in [0.05, 0.1) is 13.2 Å². The smallest absolute Gasteiger partial charge is 0.224 e. The Morgan fingerprint density at radius 3 is 2.44 bits per heavy atom. The van der Waals surface area contributed by atoms with Crippen molar-refractivity contribution in [2.45, 2.75) is 18.9 Å². The van der Waals surface area contributed by atoms with E-state index >= 15 is 0 Å². The minimum absolute atomic E-state index is 0.140. The molecule has 0 spiro atoms. The Labute approximate surface area is 110 Å². The molecule has 1 atom stereocenters. The summed E-state index contributed by atoms with van der Waals surface area (Å²) in [6, 6.07) is 0. The van der Waals surface area contributed by atoms with Gasteiger partial charge in [0.15, 0.2) is 0 Å². The van der Waals surface area contributed by atoms with Crippen LogP contribution in [0.2, 0.25) is 0 Å². The van der Waals surface area contributed by atoms with Gasteiger partial charge in [0.2, 0.25) is 5.91 Å². The van der Waals surface area contributed by atoms with Gasteiger partial charge in [0, 0.05) is 44.7 Å². The number of carbonyl (C=O) groups is 1. The van der Waals surface area contributed by atoms with Crippen LogP contribution in [0.1, 0.15) is 13.3 Å². The third-order valence-electron chi connectivity index (χ3n) is 4.29. The molecule has 1 amide bonds. The van der Waals surface area contributed by atoms with Gasteiger partial charge < -0.3 is 14.5 Å². The monoisotopic (exact) mass is 255 g/mol. The lowest BCUT2D eigenvalue weighted by molar-refractivity contribution is -0.139. The van der Waals surface area contributed by atoms with E-state index in [1.165, 1.54) is 0 Å². The first-order valence-electron chi connectivity index (χ1n) is 6.76. The van der Waals surface area contributed by atoms with Gasteiger partial charge >= 0.3 is 0 Å². The van der Waals surface area contributed by atoms with E-state index in [2.05, 4.69) is 30.8 Å². The number of ether oxygens (including phenoxy) is 1. The molecule has 0 aromatic carbocycles. The van der Waals surface area contributed by atoms with Gasteiger partial charge in [-0.15, -0.1) is 0 Å². The molecule has 104 valence electrons. The van der Waals surface area contributed by atoms with E-state index in [0.29, 0.717) is 13.0 Å². The Kier molecular flexibility index (Phi) is 4.25. The highest BCUT2D eigenvalue weighted by molar-refractivity contribution is 5.77. The molecule has 0 N–H and O–H groups in total. The summed E-state index contributed by atoms with van der Waals surface area (Å²) in [6.45, 7) is 8.14. The van der Waals surface area contributed by atoms with Crippen LogP contribution in [0, 0.1) is 0 Å². The predicted octanol–water partition coefficient (Wildman–Crippen LogP) is -0.129. The third-order valence-corrected chi connectivity index (χ3v) is 4.29. The van der Waals surface area contributed by atoms with Crippen molar-refractivity contribution in [2.24, 2.45) is 0 Å². The van der Waals surface area contributed by atoms with Crippen LogP contribution in [0.3, 0.4) is 0 Å². The number of amides is 1. The van der Waals surface area contributed by atoms with Crippen molar-refractivity contribution in [1.29, 1.82) is 0 Å². The number of carbonyl (C=O) groups excluding carboxylic acids is 1. The summed E-state index contributed by atoms with van der Waals surface area (Å²) in [5.41, 5.74) is -0.140. The van der Waals surface area contributed by atoms with Crippen LogP contribution < -0.4 is 0 Å². The lowest BCUT2D eigenvalue weighted by Gasteiger charge is -2.43. The number of hydrogen-bond donors (Lipinski definition) is 0. The van der Waals surface area contributed by atoms with E-state index in [1.807, 2.05) is 4.90 Å². The van der Waals surface area contributed by atoms with Crippen molar-refractivity contribution >= 4 is 5.91 Å². The first-order chi connectivity index (χ1) is 8.51. The second-order valence-corrected chi connectivity index (χ2v) is 5.83. The Morgan fingerprint density at radius 1 is 1.17 bits per heavy atom. The van der Waals surface area contributed by atoms with Crippen LogP contribution in [0.5, 0.6) is 0 Å². The molecule has 0 aromatic rings. The maximum Gasteiger partial charge on any atom is 0.224 e. The van der Waals surface area contributed by atoms with Gasteiger partial charge in [-0.05, 0) is 21.0 Å². The zero-order chi connectivity index (χ0) is 13.2. The number of morpholine rings is 1. The van der Waals surface area contributed by atoms with Crippen molar-refractivity contribution in [1.82, 2.24) is 14.7 Å². The van der Waals surface area contributed by atoms with Crippen LogP contribution in [0.15, 0.2) is 0 Å². The molecule has 5 heteroatoms. The molecule has 2 aliphatic heterocycles. The Balaban J connectivity index is 1.90. The largest absolute Gasteiger partial charge is 0.378 e. The van der Waals surface area contributed by atoms with E-state index in [-0.39, 0.29) is 11.4 Å². The highest BCUT2D eigenvalue weighted by Crippen LogP contribution is 2.23. The number of nitrogens with zero attached hydrogens (tertiary/aromatic N) is 3. The second-order valence-electron chi connectivity index (χ2n) is 5.83. The highest BCUT2D eigenvalue weighted by atomic mass is 16.5. The summed E-state index contributed by atoms with van der Waals surface area (Å²) in [4.78, 5) is 18.9. The van der Waals surface area contributed by atoms with Crippen molar-refractivity contribution in [2.75, 3.05) is 60.0 Å². The minimum atomic E-state index is -0.140. The third kappa shape index (κ3) is 3.02. The average molecular weight is 255 g/mol. The first kappa shape index (κ1) is 13.8. The van der Waals surface area contributed by atoms with Gasteiger partial charge in [-0.1, -0.05) is 0 Å². The fourth-order valence-corrected chi connectivity index (χ4v) is 2.55. The van der Waals surface area contributed by atoms with Crippen LogP contribution in [0.25, 0.3) is 0 Å². The number of piperazine rings is 1. The molecular weight excluding hydrogens is 230 g/mol. The van der Waals surface area contributed by atoms with E-state index in [4.69, 9.17) is 4.74 Å². The van der Waals surface area contributed by atoms with Gasteiger partial charge in [0.25, 0.3) is 0 Å². The fraction of sp³-hybridized carbons (Fsp3) is 0.923. The molecule has 0 bridgehead atoms. The minimum Gasteiger partial charge on any atom is -0.378 e. The number of likely N-dealkylation sites (N-methyl/N-ethyl adjacent to an activating group) is 2. The molecule has 2 heterocycles. The molecule has 18 heavy (non-hydrogen) atoms. The molecule has 2 aliphatic rings. The van der Waals surface area contributed by atoms with Gasteiger partial charge in [-0.2, -0.15) is 0 Å². The quantitative estimate of drug-likeness (QED) is 0.689. The topological polar surface area (TPSA) is 36.0 Å². The van der Waals surface area contributed by atoms with Crippen molar-refractivity contribution in [3.8, 4) is 0 Å². The molecule has 2 rings (SSSR count). The van der Waals surface area contributed by atoms with Crippen LogP contribution in [-0.2, 0) is 9.53 Å². The zero-order valence-corrected chi connectivity index (χ0v) is 11.8. The molecule has 0 aliphatic carbocycles. The Bertz CT molecular complexity index is 303. The van der Waals surface area contributed by atoms with Crippen LogP contribution >= 0.6 is 0 Å². The van der Waals surface area contributed by atoms with Crippen molar-refractivity contribution in [3.63, 3.8) is 0 Å². The highest BCUT2D eigenvalue weighted by Gasteiger charge is 2.36. The Hall–Kier alpha value is -0.650.